The van der Waals surface area contributed by atoms with Gasteiger partial charge in [0.15, 0.2) is 21.4 Å². The fourth-order valence-corrected chi connectivity index (χ4v) is 3.95. The molecule has 1 aliphatic rings. The van der Waals surface area contributed by atoms with E-state index in [1.165, 1.54) is 6.07 Å². The molecule has 0 aromatic heterocycles. The summed E-state index contributed by atoms with van der Waals surface area (Å²) in [7, 11) is -3.00. The summed E-state index contributed by atoms with van der Waals surface area (Å²) >= 11 is 0. The Morgan fingerprint density at radius 3 is 2.79 bits per heavy atom. The molecule has 0 spiro atoms. The van der Waals surface area contributed by atoms with Gasteiger partial charge in [-0.2, -0.15) is 0 Å². The van der Waals surface area contributed by atoms with Crippen LogP contribution in [0.15, 0.2) is 18.2 Å². The predicted octanol–water partition coefficient (Wildman–Crippen LogP) is 1.29. The molecule has 1 aromatic rings. The molecule has 7 heteroatoms. The zero-order valence-corrected chi connectivity index (χ0v) is 10.9. The van der Waals surface area contributed by atoms with Gasteiger partial charge in [-0.25, -0.2) is 12.8 Å². The van der Waals surface area contributed by atoms with E-state index in [-0.39, 0.29) is 35.4 Å². The summed E-state index contributed by atoms with van der Waals surface area (Å²) in [5, 5.41) is 11.5. The van der Waals surface area contributed by atoms with Gasteiger partial charge in [0.25, 0.3) is 0 Å². The Balaban J connectivity index is 1.93. The van der Waals surface area contributed by atoms with E-state index in [1.54, 1.807) is 0 Å². The number of benzene rings is 1. The van der Waals surface area contributed by atoms with E-state index in [4.69, 9.17) is 5.11 Å². The van der Waals surface area contributed by atoms with Crippen LogP contribution in [0.4, 0.5) is 10.1 Å². The normalized spacial score (nSPS) is 21.2. The van der Waals surface area contributed by atoms with Crippen LogP contribution in [0.2, 0.25) is 0 Å². The average molecular weight is 287 g/mol. The lowest BCUT2D eigenvalue weighted by Crippen LogP contribution is -2.17. The highest BCUT2D eigenvalue weighted by Crippen LogP contribution is 2.23. The zero-order chi connectivity index (χ0) is 14.0. The number of phenols is 1. The summed E-state index contributed by atoms with van der Waals surface area (Å²) in [4.78, 5) is 11.7. The zero-order valence-electron chi connectivity index (χ0n) is 10.1. The number of hydrogen-bond donors (Lipinski definition) is 2. The lowest BCUT2D eigenvalue weighted by atomic mass is 10.1. The van der Waals surface area contributed by atoms with Gasteiger partial charge in [0, 0.05) is 18.2 Å². The second-order valence-electron chi connectivity index (χ2n) is 4.69. The number of sulfone groups is 1. The first kappa shape index (κ1) is 13.8. The Bertz CT molecular complexity index is 600. The Morgan fingerprint density at radius 1 is 1.47 bits per heavy atom. The molecule has 0 saturated carbocycles. The molecular formula is C12H14FNO4S. The van der Waals surface area contributed by atoms with Crippen LogP contribution in [0.25, 0.3) is 0 Å². The van der Waals surface area contributed by atoms with Crippen molar-refractivity contribution in [2.75, 3.05) is 16.8 Å². The maximum atomic E-state index is 13.1. The molecule has 1 saturated heterocycles. The van der Waals surface area contributed by atoms with Crippen molar-refractivity contribution >= 4 is 21.4 Å². The molecule has 5 nitrogen and oxygen atoms in total. The summed E-state index contributed by atoms with van der Waals surface area (Å²) < 4.78 is 35.6. The Hall–Kier alpha value is -1.63. The molecule has 104 valence electrons. The number of anilines is 1. The largest absolute Gasteiger partial charge is 0.505 e. The third-order valence-corrected chi connectivity index (χ3v) is 4.87. The molecule has 2 rings (SSSR count). The molecule has 1 unspecified atom stereocenters. The minimum atomic E-state index is -3.00. The van der Waals surface area contributed by atoms with Gasteiger partial charge in [-0.05, 0) is 24.5 Å². The molecule has 2 N–H and O–H groups in total. The molecule has 1 fully saturated rings. The minimum Gasteiger partial charge on any atom is -0.505 e. The van der Waals surface area contributed by atoms with E-state index in [0.717, 1.165) is 12.1 Å². The van der Waals surface area contributed by atoms with Crippen molar-refractivity contribution in [1.29, 1.82) is 0 Å². The van der Waals surface area contributed by atoms with Crippen molar-refractivity contribution < 1.29 is 22.7 Å². The third-order valence-electron chi connectivity index (χ3n) is 3.03. The van der Waals surface area contributed by atoms with Crippen LogP contribution >= 0.6 is 0 Å². The number of aromatic hydroxyl groups is 1. The van der Waals surface area contributed by atoms with Crippen molar-refractivity contribution in [3.8, 4) is 5.75 Å². The second-order valence-corrected chi connectivity index (χ2v) is 6.92. The maximum absolute atomic E-state index is 13.1. The number of nitrogens with one attached hydrogen (secondary N) is 1. The highest BCUT2D eigenvalue weighted by Gasteiger charge is 2.29. The van der Waals surface area contributed by atoms with Gasteiger partial charge in [0.2, 0.25) is 5.91 Å². The maximum Gasteiger partial charge on any atom is 0.224 e. The van der Waals surface area contributed by atoms with Gasteiger partial charge in [-0.1, -0.05) is 0 Å². The number of hydrogen-bond acceptors (Lipinski definition) is 4. The van der Waals surface area contributed by atoms with Crippen molar-refractivity contribution in [1.82, 2.24) is 0 Å². The highest BCUT2D eigenvalue weighted by molar-refractivity contribution is 7.91. The van der Waals surface area contributed by atoms with Crippen molar-refractivity contribution in [3.63, 3.8) is 0 Å². The van der Waals surface area contributed by atoms with Crippen LogP contribution in [0.1, 0.15) is 12.8 Å². The third kappa shape index (κ3) is 3.66. The molecule has 0 radical (unpaired) electrons. The number of carbonyl (C=O) groups excluding carboxylic acids is 1. The quantitative estimate of drug-likeness (QED) is 0.821. The topological polar surface area (TPSA) is 83.5 Å². The summed E-state index contributed by atoms with van der Waals surface area (Å²) in [5.41, 5.74) is 0.237. The standard InChI is InChI=1S/C12H14FNO4S/c13-10-6-9(1-2-11(10)15)14-12(16)5-8-3-4-19(17,18)7-8/h1-2,6,8,15H,3-5,7H2,(H,14,16). The molecule has 0 bridgehead atoms. The van der Waals surface area contributed by atoms with Gasteiger partial charge in [0.05, 0.1) is 11.5 Å². The highest BCUT2D eigenvalue weighted by atomic mass is 32.2. The minimum absolute atomic E-state index is 0.0321. The average Bonchev–Trinajstić information content (AvgIpc) is 2.63. The lowest BCUT2D eigenvalue weighted by molar-refractivity contribution is -0.116. The smallest absolute Gasteiger partial charge is 0.224 e. The van der Waals surface area contributed by atoms with E-state index in [9.17, 15) is 17.6 Å². The van der Waals surface area contributed by atoms with Crippen LogP contribution in [-0.4, -0.2) is 30.9 Å². The van der Waals surface area contributed by atoms with Crippen LogP contribution in [0.3, 0.4) is 0 Å². The fraction of sp³-hybridized carbons (Fsp3) is 0.417. The number of rotatable bonds is 3. The molecule has 1 heterocycles. The molecule has 1 aromatic carbocycles. The predicted molar refractivity (Wildman–Crippen MR) is 68.1 cm³/mol. The lowest BCUT2D eigenvalue weighted by Gasteiger charge is -2.09. The molecule has 1 atom stereocenters. The second kappa shape index (κ2) is 5.16. The van der Waals surface area contributed by atoms with Crippen LogP contribution < -0.4 is 5.32 Å². The van der Waals surface area contributed by atoms with Crippen molar-refractivity contribution in [2.45, 2.75) is 12.8 Å². The van der Waals surface area contributed by atoms with Gasteiger partial charge in [0.1, 0.15) is 0 Å². The Labute approximate surface area is 110 Å². The van der Waals surface area contributed by atoms with Crippen molar-refractivity contribution in [3.05, 3.63) is 24.0 Å². The number of amides is 1. The van der Waals surface area contributed by atoms with Crippen LogP contribution in [0.5, 0.6) is 5.75 Å². The van der Waals surface area contributed by atoms with Gasteiger partial charge in [-0.15, -0.1) is 0 Å². The first-order valence-corrected chi connectivity index (χ1v) is 7.67. The van der Waals surface area contributed by atoms with Crippen LogP contribution in [0, 0.1) is 11.7 Å². The van der Waals surface area contributed by atoms with E-state index < -0.39 is 21.4 Å². The molecular weight excluding hydrogens is 273 g/mol. The SMILES string of the molecule is O=C(CC1CCS(=O)(=O)C1)Nc1ccc(O)c(F)c1. The molecule has 1 amide bonds. The first-order valence-electron chi connectivity index (χ1n) is 5.84. The molecule has 19 heavy (non-hydrogen) atoms. The number of phenolic OH excluding ortho intramolecular Hbond substituents is 1. The van der Waals surface area contributed by atoms with E-state index in [1.807, 2.05) is 0 Å². The van der Waals surface area contributed by atoms with E-state index >= 15 is 0 Å². The summed E-state index contributed by atoms with van der Waals surface area (Å²) in [5.74, 6) is -1.68. The van der Waals surface area contributed by atoms with E-state index in [2.05, 4.69) is 5.32 Å². The van der Waals surface area contributed by atoms with Crippen molar-refractivity contribution in [2.24, 2.45) is 5.92 Å². The first-order chi connectivity index (χ1) is 8.85. The molecule has 1 aliphatic heterocycles. The van der Waals surface area contributed by atoms with Gasteiger partial charge < -0.3 is 10.4 Å². The van der Waals surface area contributed by atoms with E-state index in [0.29, 0.717) is 6.42 Å². The van der Waals surface area contributed by atoms with Crippen LogP contribution in [-0.2, 0) is 14.6 Å². The monoisotopic (exact) mass is 287 g/mol. The summed E-state index contributed by atoms with van der Waals surface area (Å²) in [6, 6.07) is 3.53. The Kier molecular flexibility index (Phi) is 3.75. The fourth-order valence-electron chi connectivity index (χ4n) is 2.09. The summed E-state index contributed by atoms with van der Waals surface area (Å²) in [6.07, 6.45) is 0.585. The summed E-state index contributed by atoms with van der Waals surface area (Å²) in [6.45, 7) is 0. The number of carbonyl (C=O) groups is 1. The Morgan fingerprint density at radius 2 is 2.21 bits per heavy atom. The number of halogens is 1. The van der Waals surface area contributed by atoms with Gasteiger partial charge >= 0.3 is 0 Å². The molecule has 0 aliphatic carbocycles. The van der Waals surface area contributed by atoms with Gasteiger partial charge in [-0.3, -0.25) is 4.79 Å².